The molecule has 1 N–H and O–H groups in total. The predicted molar refractivity (Wildman–Crippen MR) is 98.4 cm³/mol. The Hall–Kier alpha value is -2.73. The molecule has 0 aromatic heterocycles. The van der Waals surface area contributed by atoms with Crippen LogP contribution in [0.15, 0.2) is 42.5 Å². The van der Waals surface area contributed by atoms with Gasteiger partial charge in [0, 0.05) is 12.3 Å². The lowest BCUT2D eigenvalue weighted by Gasteiger charge is -2.13. The summed E-state index contributed by atoms with van der Waals surface area (Å²) in [4.78, 5) is 12.6. The van der Waals surface area contributed by atoms with E-state index in [0.29, 0.717) is 29.4 Å². The molecular formula is C20H23NO5. The van der Waals surface area contributed by atoms with E-state index >= 15 is 0 Å². The number of ether oxygens (including phenoxy) is 4. The van der Waals surface area contributed by atoms with E-state index in [1.54, 1.807) is 30.3 Å². The van der Waals surface area contributed by atoms with Gasteiger partial charge in [0.15, 0.2) is 11.5 Å². The summed E-state index contributed by atoms with van der Waals surface area (Å²) in [5.41, 5.74) is 1.08. The zero-order valence-corrected chi connectivity index (χ0v) is 15.0. The molecule has 6 heteroatoms. The van der Waals surface area contributed by atoms with Crippen molar-refractivity contribution in [3.8, 4) is 17.2 Å². The van der Waals surface area contributed by atoms with Crippen molar-refractivity contribution >= 4 is 11.6 Å². The Bertz CT molecular complexity index is 738. The highest BCUT2D eigenvalue weighted by molar-refractivity contribution is 6.06. The Kier molecular flexibility index (Phi) is 5.96. The van der Waals surface area contributed by atoms with Crippen molar-refractivity contribution in [1.29, 1.82) is 0 Å². The van der Waals surface area contributed by atoms with Gasteiger partial charge in [-0.25, -0.2) is 0 Å². The fourth-order valence-corrected chi connectivity index (χ4v) is 2.86. The third-order valence-electron chi connectivity index (χ3n) is 4.22. The highest BCUT2D eigenvalue weighted by Gasteiger charge is 2.17. The second kappa shape index (κ2) is 8.58. The van der Waals surface area contributed by atoms with Crippen molar-refractivity contribution in [1.82, 2.24) is 0 Å². The minimum absolute atomic E-state index is 0.176. The van der Waals surface area contributed by atoms with Crippen LogP contribution in [0, 0.1) is 0 Å². The van der Waals surface area contributed by atoms with Crippen LogP contribution in [-0.2, 0) is 4.74 Å². The van der Waals surface area contributed by atoms with Crippen molar-refractivity contribution < 1.29 is 23.7 Å². The molecule has 138 valence electrons. The quantitative estimate of drug-likeness (QED) is 0.821. The van der Waals surface area contributed by atoms with Gasteiger partial charge in [-0.3, -0.25) is 4.79 Å². The first-order valence-corrected chi connectivity index (χ1v) is 8.58. The Morgan fingerprint density at radius 2 is 1.96 bits per heavy atom. The molecular weight excluding hydrogens is 334 g/mol. The number of nitrogens with one attached hydrogen (secondary N) is 1. The molecule has 1 aliphatic heterocycles. The van der Waals surface area contributed by atoms with Gasteiger partial charge in [0.1, 0.15) is 12.4 Å². The molecule has 1 amide bonds. The number of anilines is 1. The van der Waals surface area contributed by atoms with Gasteiger partial charge < -0.3 is 24.3 Å². The summed E-state index contributed by atoms with van der Waals surface area (Å²) in [6.45, 7) is 1.36. The Labute approximate surface area is 153 Å². The lowest BCUT2D eigenvalue weighted by Crippen LogP contribution is -2.16. The molecule has 1 fully saturated rings. The van der Waals surface area contributed by atoms with Crippen LogP contribution in [0.3, 0.4) is 0 Å². The van der Waals surface area contributed by atoms with Gasteiger partial charge >= 0.3 is 0 Å². The van der Waals surface area contributed by atoms with Gasteiger partial charge in [0.2, 0.25) is 0 Å². The summed E-state index contributed by atoms with van der Waals surface area (Å²) in [7, 11) is 3.05. The second-order valence-electron chi connectivity index (χ2n) is 5.97. The van der Waals surface area contributed by atoms with Crippen molar-refractivity contribution in [2.75, 3.05) is 32.8 Å². The maximum atomic E-state index is 12.6. The number of rotatable bonds is 7. The van der Waals surface area contributed by atoms with E-state index in [4.69, 9.17) is 18.9 Å². The van der Waals surface area contributed by atoms with Crippen LogP contribution in [-0.4, -0.2) is 39.4 Å². The topological polar surface area (TPSA) is 66.0 Å². The Morgan fingerprint density at radius 3 is 2.62 bits per heavy atom. The summed E-state index contributed by atoms with van der Waals surface area (Å²) < 4.78 is 21.8. The third kappa shape index (κ3) is 4.26. The van der Waals surface area contributed by atoms with Gasteiger partial charge in [-0.15, -0.1) is 0 Å². The van der Waals surface area contributed by atoms with E-state index in [2.05, 4.69) is 5.32 Å². The Morgan fingerprint density at radius 1 is 1.15 bits per heavy atom. The van der Waals surface area contributed by atoms with Gasteiger partial charge in [-0.05, 0) is 49.2 Å². The first kappa shape index (κ1) is 18.1. The molecule has 2 aromatic rings. The summed E-state index contributed by atoms with van der Waals surface area (Å²) in [5.74, 6) is 1.40. The standard InChI is InChI=1S/C20H23NO5/c1-23-18-7-3-6-17(19(18)24-2)20(22)21-14-8-10-15(11-9-14)26-13-16-5-4-12-25-16/h3,6-11,16H,4-5,12-13H2,1-2H3,(H,21,22). The largest absolute Gasteiger partial charge is 0.493 e. The van der Waals surface area contributed by atoms with Crippen LogP contribution in [0.4, 0.5) is 5.69 Å². The summed E-state index contributed by atoms with van der Waals surface area (Å²) in [5, 5.41) is 2.85. The van der Waals surface area contributed by atoms with Crippen molar-refractivity contribution in [2.24, 2.45) is 0 Å². The minimum Gasteiger partial charge on any atom is -0.493 e. The molecule has 1 unspecified atom stereocenters. The van der Waals surface area contributed by atoms with Crippen molar-refractivity contribution in [2.45, 2.75) is 18.9 Å². The molecule has 0 saturated carbocycles. The number of hydrogen-bond acceptors (Lipinski definition) is 5. The van der Waals surface area contributed by atoms with Gasteiger partial charge in [0.05, 0.1) is 25.9 Å². The van der Waals surface area contributed by atoms with E-state index in [-0.39, 0.29) is 12.0 Å². The molecule has 1 heterocycles. The normalized spacial score (nSPS) is 16.2. The number of carbonyl (C=O) groups is 1. The minimum atomic E-state index is -0.270. The molecule has 0 spiro atoms. The highest BCUT2D eigenvalue weighted by Crippen LogP contribution is 2.31. The molecule has 1 saturated heterocycles. The lowest BCUT2D eigenvalue weighted by molar-refractivity contribution is 0.0679. The molecule has 2 aromatic carbocycles. The molecule has 1 atom stereocenters. The second-order valence-corrected chi connectivity index (χ2v) is 5.97. The van der Waals surface area contributed by atoms with Crippen LogP contribution in [0.5, 0.6) is 17.2 Å². The fourth-order valence-electron chi connectivity index (χ4n) is 2.86. The summed E-state index contributed by atoms with van der Waals surface area (Å²) in [6.07, 6.45) is 2.30. The number of amides is 1. The van der Waals surface area contributed by atoms with Gasteiger partial charge in [0.25, 0.3) is 5.91 Å². The average Bonchev–Trinajstić information content (AvgIpc) is 3.20. The van der Waals surface area contributed by atoms with E-state index in [9.17, 15) is 4.79 Å². The maximum absolute atomic E-state index is 12.6. The number of methoxy groups -OCH3 is 2. The molecule has 1 aliphatic rings. The van der Waals surface area contributed by atoms with Crippen LogP contribution in [0.25, 0.3) is 0 Å². The first-order valence-electron chi connectivity index (χ1n) is 8.58. The zero-order chi connectivity index (χ0) is 18.4. The fraction of sp³-hybridized carbons (Fsp3) is 0.350. The first-order chi connectivity index (χ1) is 12.7. The van der Waals surface area contributed by atoms with Crippen molar-refractivity contribution in [3.05, 3.63) is 48.0 Å². The van der Waals surface area contributed by atoms with E-state index < -0.39 is 0 Å². The molecule has 6 nitrogen and oxygen atoms in total. The number of carbonyl (C=O) groups excluding carboxylic acids is 1. The van der Waals surface area contributed by atoms with E-state index in [1.807, 2.05) is 12.1 Å². The lowest BCUT2D eigenvalue weighted by atomic mass is 10.1. The number of para-hydroxylation sites is 1. The average molecular weight is 357 g/mol. The van der Waals surface area contributed by atoms with Crippen LogP contribution >= 0.6 is 0 Å². The molecule has 3 rings (SSSR count). The summed E-state index contributed by atoms with van der Waals surface area (Å²) >= 11 is 0. The monoisotopic (exact) mass is 357 g/mol. The van der Waals surface area contributed by atoms with Crippen molar-refractivity contribution in [3.63, 3.8) is 0 Å². The molecule has 0 aliphatic carbocycles. The summed E-state index contributed by atoms with van der Waals surface area (Å²) in [6, 6.07) is 12.4. The van der Waals surface area contributed by atoms with Crippen LogP contribution < -0.4 is 19.5 Å². The third-order valence-corrected chi connectivity index (χ3v) is 4.22. The number of hydrogen-bond donors (Lipinski definition) is 1. The van der Waals surface area contributed by atoms with Gasteiger partial charge in [-0.2, -0.15) is 0 Å². The smallest absolute Gasteiger partial charge is 0.259 e. The molecule has 0 radical (unpaired) electrons. The van der Waals surface area contributed by atoms with Crippen LogP contribution in [0.1, 0.15) is 23.2 Å². The Balaban J connectivity index is 1.62. The highest BCUT2D eigenvalue weighted by atomic mass is 16.5. The van der Waals surface area contributed by atoms with E-state index in [1.165, 1.54) is 14.2 Å². The predicted octanol–water partition coefficient (Wildman–Crippen LogP) is 3.51. The van der Waals surface area contributed by atoms with E-state index in [0.717, 1.165) is 25.2 Å². The number of benzene rings is 2. The van der Waals surface area contributed by atoms with Crippen LogP contribution in [0.2, 0.25) is 0 Å². The SMILES string of the molecule is COc1cccc(C(=O)Nc2ccc(OCC3CCCO3)cc2)c1OC. The maximum Gasteiger partial charge on any atom is 0.259 e. The molecule has 26 heavy (non-hydrogen) atoms. The molecule has 0 bridgehead atoms. The van der Waals surface area contributed by atoms with Gasteiger partial charge in [-0.1, -0.05) is 6.07 Å². The zero-order valence-electron chi connectivity index (χ0n) is 15.0.